The highest BCUT2D eigenvalue weighted by Crippen LogP contribution is 2.15. The molecule has 0 spiro atoms. The predicted octanol–water partition coefficient (Wildman–Crippen LogP) is 2.09. The van der Waals surface area contributed by atoms with Crippen molar-refractivity contribution in [2.24, 2.45) is 13.0 Å². The zero-order chi connectivity index (χ0) is 9.10. The molecular weight excluding hydrogens is 160 g/mol. The van der Waals surface area contributed by atoms with Gasteiger partial charge in [-0.1, -0.05) is 24.3 Å². The van der Waals surface area contributed by atoms with Crippen molar-refractivity contribution < 1.29 is 0 Å². The first-order valence-electron chi connectivity index (χ1n) is 4.66. The molecule has 68 valence electrons. The van der Waals surface area contributed by atoms with Crippen molar-refractivity contribution in [1.82, 2.24) is 9.55 Å². The second kappa shape index (κ2) is 3.60. The summed E-state index contributed by atoms with van der Waals surface area (Å²) < 4.78 is 2.09. The first kappa shape index (κ1) is 8.30. The lowest BCUT2D eigenvalue weighted by molar-refractivity contribution is 0.609. The number of aromatic nitrogens is 2. The van der Waals surface area contributed by atoms with Gasteiger partial charge < -0.3 is 4.57 Å². The summed E-state index contributed by atoms with van der Waals surface area (Å²) in [7, 11) is 2.05. The standard InChI is InChI=1S/C11H14N2/c1-13-8-7-12-11(13)9-10-5-3-2-4-6-10/h2-5,7-8,10H,6,9H2,1H3. The molecule has 0 radical (unpaired) electrons. The Balaban J connectivity index is 2.02. The number of hydrogen-bond donors (Lipinski definition) is 0. The van der Waals surface area contributed by atoms with Crippen LogP contribution in [0.3, 0.4) is 0 Å². The van der Waals surface area contributed by atoms with Crippen LogP contribution in [0.4, 0.5) is 0 Å². The quantitative estimate of drug-likeness (QED) is 0.671. The van der Waals surface area contributed by atoms with Gasteiger partial charge in [-0.05, 0) is 12.3 Å². The molecule has 0 saturated carbocycles. The summed E-state index contributed by atoms with van der Waals surface area (Å²) in [5.41, 5.74) is 0. The molecule has 1 aliphatic carbocycles. The maximum absolute atomic E-state index is 4.31. The first-order chi connectivity index (χ1) is 6.36. The summed E-state index contributed by atoms with van der Waals surface area (Å²) >= 11 is 0. The number of aryl methyl sites for hydroxylation is 1. The molecule has 1 heterocycles. The minimum atomic E-state index is 0.631. The topological polar surface area (TPSA) is 17.8 Å². The third kappa shape index (κ3) is 1.89. The third-order valence-electron chi connectivity index (χ3n) is 2.44. The molecule has 0 bridgehead atoms. The van der Waals surface area contributed by atoms with Gasteiger partial charge in [-0.15, -0.1) is 0 Å². The van der Waals surface area contributed by atoms with Gasteiger partial charge in [0, 0.05) is 25.9 Å². The maximum atomic E-state index is 4.31. The van der Waals surface area contributed by atoms with E-state index < -0.39 is 0 Å². The molecule has 2 nitrogen and oxygen atoms in total. The molecule has 1 unspecified atom stereocenters. The van der Waals surface area contributed by atoms with Crippen molar-refractivity contribution in [2.75, 3.05) is 0 Å². The predicted molar refractivity (Wildman–Crippen MR) is 53.3 cm³/mol. The summed E-state index contributed by atoms with van der Waals surface area (Å²) in [5, 5.41) is 0. The Hall–Kier alpha value is -1.31. The van der Waals surface area contributed by atoms with Crippen LogP contribution in [0.2, 0.25) is 0 Å². The number of nitrogens with zero attached hydrogens (tertiary/aromatic N) is 2. The van der Waals surface area contributed by atoms with E-state index in [1.54, 1.807) is 0 Å². The van der Waals surface area contributed by atoms with E-state index in [-0.39, 0.29) is 0 Å². The maximum Gasteiger partial charge on any atom is 0.108 e. The van der Waals surface area contributed by atoms with Gasteiger partial charge in [0.2, 0.25) is 0 Å². The number of allylic oxidation sites excluding steroid dienone is 4. The van der Waals surface area contributed by atoms with E-state index in [0.29, 0.717) is 5.92 Å². The van der Waals surface area contributed by atoms with Crippen LogP contribution in [-0.4, -0.2) is 9.55 Å². The molecule has 0 saturated heterocycles. The van der Waals surface area contributed by atoms with Gasteiger partial charge in [-0.25, -0.2) is 4.98 Å². The lowest BCUT2D eigenvalue weighted by atomic mass is 9.97. The van der Waals surface area contributed by atoms with Crippen molar-refractivity contribution in [2.45, 2.75) is 12.8 Å². The Morgan fingerprint density at radius 1 is 1.54 bits per heavy atom. The van der Waals surface area contributed by atoms with Gasteiger partial charge in [0.1, 0.15) is 5.82 Å². The Labute approximate surface area is 78.6 Å². The summed E-state index contributed by atoms with van der Waals surface area (Å²) in [6.07, 6.45) is 14.7. The molecule has 0 fully saturated rings. The normalized spacial score (nSPS) is 20.8. The molecule has 1 aromatic rings. The van der Waals surface area contributed by atoms with Gasteiger partial charge >= 0.3 is 0 Å². The lowest BCUT2D eigenvalue weighted by Crippen LogP contribution is -2.06. The molecule has 0 N–H and O–H groups in total. The van der Waals surface area contributed by atoms with Crippen LogP contribution in [0, 0.1) is 5.92 Å². The zero-order valence-corrected chi connectivity index (χ0v) is 7.85. The summed E-state index contributed by atoms with van der Waals surface area (Å²) in [6, 6.07) is 0. The van der Waals surface area contributed by atoms with Crippen LogP contribution in [0.1, 0.15) is 12.2 Å². The number of rotatable bonds is 2. The molecule has 2 rings (SSSR count). The van der Waals surface area contributed by atoms with Crippen LogP contribution in [0.15, 0.2) is 36.7 Å². The highest BCUT2D eigenvalue weighted by atomic mass is 15.0. The van der Waals surface area contributed by atoms with E-state index in [2.05, 4.69) is 33.9 Å². The van der Waals surface area contributed by atoms with Gasteiger partial charge in [0.05, 0.1) is 0 Å². The monoisotopic (exact) mass is 174 g/mol. The van der Waals surface area contributed by atoms with Gasteiger partial charge in [-0.2, -0.15) is 0 Å². The summed E-state index contributed by atoms with van der Waals surface area (Å²) in [5.74, 6) is 1.80. The Bertz CT molecular complexity index is 334. The van der Waals surface area contributed by atoms with Crippen molar-refractivity contribution in [3.05, 3.63) is 42.5 Å². The van der Waals surface area contributed by atoms with Crippen molar-refractivity contribution in [1.29, 1.82) is 0 Å². The smallest absolute Gasteiger partial charge is 0.108 e. The van der Waals surface area contributed by atoms with Crippen molar-refractivity contribution in [3.8, 4) is 0 Å². The molecule has 0 aliphatic heterocycles. The second-order valence-corrected chi connectivity index (χ2v) is 3.47. The SMILES string of the molecule is Cn1ccnc1CC1C=CC=CC1. The number of hydrogen-bond acceptors (Lipinski definition) is 1. The zero-order valence-electron chi connectivity index (χ0n) is 7.85. The molecule has 13 heavy (non-hydrogen) atoms. The van der Waals surface area contributed by atoms with Crippen molar-refractivity contribution in [3.63, 3.8) is 0 Å². The van der Waals surface area contributed by atoms with E-state index >= 15 is 0 Å². The van der Waals surface area contributed by atoms with E-state index in [4.69, 9.17) is 0 Å². The lowest BCUT2D eigenvalue weighted by Gasteiger charge is -2.11. The number of imidazole rings is 1. The molecule has 0 amide bonds. The Morgan fingerprint density at radius 3 is 3.08 bits per heavy atom. The Morgan fingerprint density at radius 2 is 2.46 bits per heavy atom. The second-order valence-electron chi connectivity index (χ2n) is 3.47. The van der Waals surface area contributed by atoms with Crippen molar-refractivity contribution >= 4 is 0 Å². The third-order valence-corrected chi connectivity index (χ3v) is 2.44. The van der Waals surface area contributed by atoms with Crippen LogP contribution in [0.5, 0.6) is 0 Å². The fraction of sp³-hybridized carbons (Fsp3) is 0.364. The highest BCUT2D eigenvalue weighted by Gasteiger charge is 2.08. The fourth-order valence-electron chi connectivity index (χ4n) is 1.61. The summed E-state index contributed by atoms with van der Waals surface area (Å²) in [4.78, 5) is 4.31. The van der Waals surface area contributed by atoms with Gasteiger partial charge in [0.15, 0.2) is 0 Å². The van der Waals surface area contributed by atoms with E-state index in [9.17, 15) is 0 Å². The Kier molecular flexibility index (Phi) is 2.30. The molecule has 0 aromatic carbocycles. The largest absolute Gasteiger partial charge is 0.338 e. The van der Waals surface area contributed by atoms with Crippen LogP contribution in [-0.2, 0) is 13.5 Å². The molecule has 1 aliphatic rings. The molecular formula is C11H14N2. The average Bonchev–Trinajstić information content (AvgIpc) is 2.54. The molecule has 2 heteroatoms. The minimum absolute atomic E-state index is 0.631. The van der Waals surface area contributed by atoms with E-state index in [1.165, 1.54) is 5.82 Å². The molecule has 1 aromatic heterocycles. The van der Waals surface area contributed by atoms with E-state index in [0.717, 1.165) is 12.8 Å². The van der Waals surface area contributed by atoms with Crippen LogP contribution >= 0.6 is 0 Å². The van der Waals surface area contributed by atoms with Gasteiger partial charge in [-0.3, -0.25) is 0 Å². The van der Waals surface area contributed by atoms with Gasteiger partial charge in [0.25, 0.3) is 0 Å². The average molecular weight is 174 g/mol. The first-order valence-corrected chi connectivity index (χ1v) is 4.66. The van der Waals surface area contributed by atoms with Crippen LogP contribution < -0.4 is 0 Å². The highest BCUT2D eigenvalue weighted by molar-refractivity contribution is 5.12. The van der Waals surface area contributed by atoms with E-state index in [1.807, 2.05) is 19.4 Å². The molecule has 1 atom stereocenters. The van der Waals surface area contributed by atoms with Crippen LogP contribution in [0.25, 0.3) is 0 Å². The summed E-state index contributed by atoms with van der Waals surface area (Å²) in [6.45, 7) is 0. The minimum Gasteiger partial charge on any atom is -0.338 e. The fourth-order valence-corrected chi connectivity index (χ4v) is 1.61.